The molecule has 0 aliphatic heterocycles. The first kappa shape index (κ1) is 11.0. The third-order valence-electron chi connectivity index (χ3n) is 3.79. The molecule has 88 valence electrons. The van der Waals surface area contributed by atoms with E-state index in [1.54, 1.807) is 6.20 Å². The van der Waals surface area contributed by atoms with E-state index in [1.807, 2.05) is 6.07 Å². The Morgan fingerprint density at radius 2 is 1.88 bits per heavy atom. The predicted molar refractivity (Wildman–Crippen MR) is 72.6 cm³/mol. The van der Waals surface area contributed by atoms with Gasteiger partial charge in [0.25, 0.3) is 0 Å². The fraction of sp³-hybridized carbons (Fsp3) is 0.400. The van der Waals surface area contributed by atoms with E-state index in [2.05, 4.69) is 23.2 Å². The maximum absolute atomic E-state index is 6.23. The van der Waals surface area contributed by atoms with Crippen molar-refractivity contribution in [2.45, 2.75) is 38.0 Å². The zero-order chi connectivity index (χ0) is 11.7. The number of hydrogen-bond donors (Lipinski definition) is 0. The first-order valence-electron chi connectivity index (χ1n) is 6.39. The molecule has 1 aromatic carbocycles. The van der Waals surface area contributed by atoms with E-state index in [1.165, 1.54) is 37.7 Å². The van der Waals surface area contributed by atoms with E-state index < -0.39 is 0 Å². The Morgan fingerprint density at radius 3 is 2.71 bits per heavy atom. The zero-order valence-corrected chi connectivity index (χ0v) is 10.6. The Balaban J connectivity index is 2.03. The molecule has 0 bridgehead atoms. The zero-order valence-electron chi connectivity index (χ0n) is 9.82. The molecule has 0 unspecified atom stereocenters. The van der Waals surface area contributed by atoms with Crippen LogP contribution in [0.2, 0.25) is 5.02 Å². The van der Waals surface area contributed by atoms with Crippen LogP contribution in [0.1, 0.15) is 43.6 Å². The average molecular weight is 246 g/mol. The fourth-order valence-corrected chi connectivity index (χ4v) is 3.03. The number of rotatable bonds is 1. The highest BCUT2D eigenvalue weighted by molar-refractivity contribution is 6.35. The molecule has 0 atom stereocenters. The normalized spacial score (nSPS) is 17.5. The summed E-state index contributed by atoms with van der Waals surface area (Å²) in [5, 5.41) is 1.91. The fourth-order valence-electron chi connectivity index (χ4n) is 2.82. The summed E-state index contributed by atoms with van der Waals surface area (Å²) in [6.07, 6.45) is 8.54. The van der Waals surface area contributed by atoms with E-state index in [9.17, 15) is 0 Å². The van der Waals surface area contributed by atoms with Crippen molar-refractivity contribution in [3.05, 3.63) is 41.0 Å². The molecule has 3 rings (SSSR count). The third-order valence-corrected chi connectivity index (χ3v) is 4.12. The van der Waals surface area contributed by atoms with Crippen molar-refractivity contribution in [2.24, 2.45) is 0 Å². The smallest absolute Gasteiger partial charge is 0.0717 e. The third kappa shape index (κ3) is 2.16. The van der Waals surface area contributed by atoms with Crippen molar-refractivity contribution in [2.75, 3.05) is 0 Å². The summed E-state index contributed by atoms with van der Waals surface area (Å²) in [6, 6.07) is 8.43. The van der Waals surface area contributed by atoms with Crippen LogP contribution in [-0.4, -0.2) is 4.98 Å². The Labute approximate surface area is 107 Å². The number of benzene rings is 1. The minimum absolute atomic E-state index is 0.726. The first-order chi connectivity index (χ1) is 8.34. The van der Waals surface area contributed by atoms with Crippen molar-refractivity contribution >= 4 is 22.5 Å². The summed E-state index contributed by atoms with van der Waals surface area (Å²) in [5.41, 5.74) is 2.43. The first-order valence-corrected chi connectivity index (χ1v) is 6.76. The number of pyridine rings is 1. The second kappa shape index (κ2) is 4.66. The molecular weight excluding hydrogens is 230 g/mol. The summed E-state index contributed by atoms with van der Waals surface area (Å²) in [4.78, 5) is 4.34. The molecule has 1 aliphatic rings. The molecular formula is C15H16ClN. The topological polar surface area (TPSA) is 12.9 Å². The standard InChI is InChI=1S/C15H16ClN/c16-14-8-9-17-15-7-6-12(10-13(14)15)11-4-2-1-3-5-11/h6-11H,1-5H2. The number of fused-ring (bicyclic) bond motifs is 1. The quantitative estimate of drug-likeness (QED) is 0.694. The molecule has 1 aliphatic carbocycles. The molecule has 1 fully saturated rings. The molecule has 2 heteroatoms. The molecule has 17 heavy (non-hydrogen) atoms. The van der Waals surface area contributed by atoms with E-state index in [-0.39, 0.29) is 0 Å². The van der Waals surface area contributed by atoms with Crippen LogP contribution in [0.3, 0.4) is 0 Å². The number of hydrogen-bond acceptors (Lipinski definition) is 1. The van der Waals surface area contributed by atoms with Gasteiger partial charge >= 0.3 is 0 Å². The minimum Gasteiger partial charge on any atom is -0.256 e. The molecule has 1 aromatic heterocycles. The van der Waals surface area contributed by atoms with Crippen molar-refractivity contribution in [1.29, 1.82) is 0 Å². The summed E-state index contributed by atoms with van der Waals surface area (Å²) in [5.74, 6) is 0.726. The van der Waals surface area contributed by atoms with E-state index in [4.69, 9.17) is 11.6 Å². The summed E-state index contributed by atoms with van der Waals surface area (Å²) in [7, 11) is 0. The Hall–Kier alpha value is -1.08. The van der Waals surface area contributed by atoms with Gasteiger partial charge in [-0.05, 0) is 42.5 Å². The second-order valence-corrected chi connectivity index (χ2v) is 5.31. The molecule has 0 N–H and O–H groups in total. The van der Waals surface area contributed by atoms with Crippen LogP contribution in [0.15, 0.2) is 30.5 Å². The Kier molecular flexibility index (Phi) is 3.02. The monoisotopic (exact) mass is 245 g/mol. The maximum Gasteiger partial charge on any atom is 0.0717 e. The SMILES string of the molecule is Clc1ccnc2ccc(C3CCCCC3)cc12. The molecule has 0 radical (unpaired) electrons. The average Bonchev–Trinajstić information content (AvgIpc) is 2.40. The van der Waals surface area contributed by atoms with Gasteiger partial charge in [0.15, 0.2) is 0 Å². The summed E-state index contributed by atoms with van der Waals surface area (Å²) in [6.45, 7) is 0. The van der Waals surface area contributed by atoms with E-state index >= 15 is 0 Å². The predicted octanol–water partition coefficient (Wildman–Crippen LogP) is 4.94. The number of aromatic nitrogens is 1. The van der Waals surface area contributed by atoms with Gasteiger partial charge in [-0.3, -0.25) is 4.98 Å². The van der Waals surface area contributed by atoms with Crippen molar-refractivity contribution in [3.63, 3.8) is 0 Å². The van der Waals surface area contributed by atoms with Crippen LogP contribution in [0.4, 0.5) is 0 Å². The molecule has 0 spiro atoms. The lowest BCUT2D eigenvalue weighted by Gasteiger charge is -2.22. The highest BCUT2D eigenvalue weighted by Gasteiger charge is 2.16. The number of halogens is 1. The maximum atomic E-state index is 6.23. The van der Waals surface area contributed by atoms with Crippen molar-refractivity contribution in [3.8, 4) is 0 Å². The van der Waals surface area contributed by atoms with Gasteiger partial charge in [-0.1, -0.05) is 36.9 Å². The van der Waals surface area contributed by atoms with Gasteiger partial charge in [0.05, 0.1) is 10.5 Å². The van der Waals surface area contributed by atoms with Gasteiger partial charge in [0, 0.05) is 11.6 Å². The van der Waals surface area contributed by atoms with Crippen LogP contribution < -0.4 is 0 Å². The molecule has 1 saturated carbocycles. The lowest BCUT2D eigenvalue weighted by Crippen LogP contribution is -2.04. The molecule has 2 aromatic rings. The lowest BCUT2D eigenvalue weighted by atomic mass is 9.84. The van der Waals surface area contributed by atoms with Crippen LogP contribution in [-0.2, 0) is 0 Å². The van der Waals surface area contributed by atoms with Gasteiger partial charge in [-0.25, -0.2) is 0 Å². The van der Waals surface area contributed by atoms with Gasteiger partial charge in [0.1, 0.15) is 0 Å². The van der Waals surface area contributed by atoms with E-state index in [0.29, 0.717) is 0 Å². The highest BCUT2D eigenvalue weighted by Crippen LogP contribution is 2.34. The van der Waals surface area contributed by atoms with Crippen LogP contribution >= 0.6 is 11.6 Å². The Bertz CT molecular complexity index is 529. The molecule has 1 nitrogen and oxygen atoms in total. The van der Waals surface area contributed by atoms with Gasteiger partial charge < -0.3 is 0 Å². The number of nitrogens with zero attached hydrogens (tertiary/aromatic N) is 1. The van der Waals surface area contributed by atoms with Crippen LogP contribution in [0.5, 0.6) is 0 Å². The van der Waals surface area contributed by atoms with Gasteiger partial charge in [-0.15, -0.1) is 0 Å². The molecule has 0 saturated heterocycles. The largest absolute Gasteiger partial charge is 0.256 e. The summed E-state index contributed by atoms with van der Waals surface area (Å²) >= 11 is 6.23. The van der Waals surface area contributed by atoms with Crippen LogP contribution in [0, 0.1) is 0 Å². The molecule has 1 heterocycles. The Morgan fingerprint density at radius 1 is 1.06 bits per heavy atom. The molecule has 0 amide bonds. The summed E-state index contributed by atoms with van der Waals surface area (Å²) < 4.78 is 0. The second-order valence-electron chi connectivity index (χ2n) is 4.90. The minimum atomic E-state index is 0.726. The van der Waals surface area contributed by atoms with Gasteiger partial charge in [0.2, 0.25) is 0 Å². The van der Waals surface area contributed by atoms with Crippen molar-refractivity contribution in [1.82, 2.24) is 4.98 Å². The van der Waals surface area contributed by atoms with Gasteiger partial charge in [-0.2, -0.15) is 0 Å². The lowest BCUT2D eigenvalue weighted by molar-refractivity contribution is 0.444. The van der Waals surface area contributed by atoms with Crippen molar-refractivity contribution < 1.29 is 0 Å². The van der Waals surface area contributed by atoms with Crippen LogP contribution in [0.25, 0.3) is 10.9 Å². The van der Waals surface area contributed by atoms with E-state index in [0.717, 1.165) is 21.8 Å². The highest BCUT2D eigenvalue weighted by atomic mass is 35.5.